The van der Waals surface area contributed by atoms with Crippen LogP contribution < -0.4 is 14.2 Å². The van der Waals surface area contributed by atoms with Crippen molar-refractivity contribution < 1.29 is 28.9 Å². The van der Waals surface area contributed by atoms with Crippen LogP contribution in [0.2, 0.25) is 0 Å². The summed E-state index contributed by atoms with van der Waals surface area (Å²) >= 11 is 0. The lowest BCUT2D eigenvalue weighted by molar-refractivity contribution is -0.140. The van der Waals surface area contributed by atoms with Crippen LogP contribution in [0.5, 0.6) is 17.2 Å². The van der Waals surface area contributed by atoms with Crippen molar-refractivity contribution in [2.24, 2.45) is 0 Å². The van der Waals surface area contributed by atoms with Gasteiger partial charge in [0.25, 0.3) is 11.7 Å². The summed E-state index contributed by atoms with van der Waals surface area (Å²) < 4.78 is 16.0. The van der Waals surface area contributed by atoms with Crippen molar-refractivity contribution in [3.63, 3.8) is 0 Å². The number of aliphatic hydroxyl groups excluding tert-OH is 1. The van der Waals surface area contributed by atoms with E-state index in [0.717, 1.165) is 16.3 Å². The number of ketones is 1. The summed E-state index contributed by atoms with van der Waals surface area (Å²) in [5, 5.41) is 13.4. The Hall–Kier alpha value is -4.78. The average Bonchev–Trinajstić information content (AvgIpc) is 3.21. The molecule has 0 spiro atoms. The highest BCUT2D eigenvalue weighted by atomic mass is 16.5. The molecule has 38 heavy (non-hydrogen) atoms. The summed E-state index contributed by atoms with van der Waals surface area (Å²) in [4.78, 5) is 28.3. The van der Waals surface area contributed by atoms with Gasteiger partial charge in [-0.1, -0.05) is 54.6 Å². The molecule has 4 aromatic carbocycles. The summed E-state index contributed by atoms with van der Waals surface area (Å²) in [7, 11) is 4.65. The summed E-state index contributed by atoms with van der Waals surface area (Å²) in [5.74, 6) is 0.0600. The number of rotatable bonds is 7. The lowest BCUT2D eigenvalue weighted by Gasteiger charge is -2.26. The maximum absolute atomic E-state index is 13.4. The van der Waals surface area contributed by atoms with E-state index in [0.29, 0.717) is 28.4 Å². The van der Waals surface area contributed by atoms with Gasteiger partial charge < -0.3 is 24.2 Å². The van der Waals surface area contributed by atoms with Crippen molar-refractivity contribution in [3.8, 4) is 17.2 Å². The van der Waals surface area contributed by atoms with Crippen molar-refractivity contribution >= 4 is 28.2 Å². The Balaban J connectivity index is 1.63. The first kappa shape index (κ1) is 24.9. The predicted octanol–water partition coefficient (Wildman–Crippen LogP) is 5.49. The number of fused-ring (bicyclic) bond motifs is 1. The molecule has 0 aromatic heterocycles. The van der Waals surface area contributed by atoms with Crippen molar-refractivity contribution in [2.75, 3.05) is 21.3 Å². The predicted molar refractivity (Wildman–Crippen MR) is 144 cm³/mol. The van der Waals surface area contributed by atoms with Gasteiger partial charge in [-0.3, -0.25) is 9.59 Å². The molecule has 0 aliphatic carbocycles. The van der Waals surface area contributed by atoms with Gasteiger partial charge in [-0.2, -0.15) is 0 Å². The first-order chi connectivity index (χ1) is 18.4. The molecule has 1 N–H and O–H groups in total. The van der Waals surface area contributed by atoms with E-state index in [2.05, 4.69) is 0 Å². The number of Topliss-reactive ketones (excluding diaryl/α,β-unsaturated/α-hetero) is 1. The molecule has 5 rings (SSSR count). The van der Waals surface area contributed by atoms with Gasteiger partial charge in [-0.25, -0.2) is 0 Å². The lowest BCUT2D eigenvalue weighted by atomic mass is 9.94. The largest absolute Gasteiger partial charge is 0.507 e. The standard InChI is InChI=1S/C31H27NO6/c1-36-24-13-11-21(12-14-24)28-27(29(33)23-10-9-20-6-4-5-7-22(20)17-23)30(34)31(35)32(28)18-19-8-15-25(37-2)26(16-19)38-3/h4-17,28,33H,18H2,1-3H3/b29-27-. The van der Waals surface area contributed by atoms with Gasteiger partial charge >= 0.3 is 0 Å². The van der Waals surface area contributed by atoms with Crippen LogP contribution in [0.3, 0.4) is 0 Å². The number of hydrogen-bond acceptors (Lipinski definition) is 6. The molecule has 7 nitrogen and oxygen atoms in total. The first-order valence-corrected chi connectivity index (χ1v) is 12.1. The summed E-state index contributed by atoms with van der Waals surface area (Å²) in [6, 6.07) is 24.9. The monoisotopic (exact) mass is 509 g/mol. The zero-order chi connectivity index (χ0) is 26.8. The van der Waals surface area contributed by atoms with Crippen molar-refractivity contribution in [3.05, 3.63) is 107 Å². The number of methoxy groups -OCH3 is 3. The molecule has 0 bridgehead atoms. The van der Waals surface area contributed by atoms with Gasteiger partial charge in [0.15, 0.2) is 11.5 Å². The van der Waals surface area contributed by atoms with Crippen LogP contribution in [-0.2, 0) is 16.1 Å². The van der Waals surface area contributed by atoms with E-state index >= 15 is 0 Å². The molecule has 192 valence electrons. The summed E-state index contributed by atoms with van der Waals surface area (Å²) in [5.41, 5.74) is 1.92. The van der Waals surface area contributed by atoms with E-state index in [4.69, 9.17) is 14.2 Å². The highest BCUT2D eigenvalue weighted by Gasteiger charge is 2.46. The van der Waals surface area contributed by atoms with E-state index in [-0.39, 0.29) is 17.9 Å². The SMILES string of the molecule is COc1ccc(C2/C(=C(/O)c3ccc4ccccc4c3)C(=O)C(=O)N2Cc2ccc(OC)c(OC)c2)cc1. The van der Waals surface area contributed by atoms with Gasteiger partial charge in [-0.15, -0.1) is 0 Å². The highest BCUT2D eigenvalue weighted by Crippen LogP contribution is 2.41. The fourth-order valence-electron chi connectivity index (χ4n) is 4.84. The number of aliphatic hydroxyl groups is 1. The van der Waals surface area contributed by atoms with E-state index in [9.17, 15) is 14.7 Å². The number of amides is 1. The maximum atomic E-state index is 13.4. The third kappa shape index (κ3) is 4.43. The van der Waals surface area contributed by atoms with Crippen LogP contribution >= 0.6 is 0 Å². The molecule has 0 radical (unpaired) electrons. The van der Waals surface area contributed by atoms with Gasteiger partial charge in [0.1, 0.15) is 11.5 Å². The lowest BCUT2D eigenvalue weighted by Crippen LogP contribution is -2.29. The normalized spacial score (nSPS) is 16.6. The Morgan fingerprint density at radius 3 is 2.18 bits per heavy atom. The van der Waals surface area contributed by atoms with Gasteiger partial charge in [0.05, 0.1) is 32.9 Å². The number of carbonyl (C=O) groups is 2. The van der Waals surface area contributed by atoms with Crippen molar-refractivity contribution in [1.29, 1.82) is 0 Å². The first-order valence-electron chi connectivity index (χ1n) is 12.1. The molecule has 1 aliphatic rings. The number of likely N-dealkylation sites (tertiary alicyclic amines) is 1. The average molecular weight is 510 g/mol. The molecular formula is C31H27NO6. The molecule has 1 unspecified atom stereocenters. The highest BCUT2D eigenvalue weighted by molar-refractivity contribution is 6.46. The van der Waals surface area contributed by atoms with Gasteiger partial charge in [0, 0.05) is 12.1 Å². The van der Waals surface area contributed by atoms with Gasteiger partial charge in [-0.05, 0) is 52.2 Å². The summed E-state index contributed by atoms with van der Waals surface area (Å²) in [6.45, 7) is 0.121. The number of carbonyl (C=O) groups excluding carboxylic acids is 2. The van der Waals surface area contributed by atoms with Crippen LogP contribution in [0.15, 0.2) is 90.5 Å². The van der Waals surface area contributed by atoms with Crippen LogP contribution in [0, 0.1) is 0 Å². The van der Waals surface area contributed by atoms with Crippen LogP contribution in [0.25, 0.3) is 16.5 Å². The van der Waals surface area contributed by atoms with Crippen molar-refractivity contribution in [2.45, 2.75) is 12.6 Å². The quantitative estimate of drug-likeness (QED) is 0.202. The van der Waals surface area contributed by atoms with E-state index in [1.807, 2.05) is 42.5 Å². The van der Waals surface area contributed by atoms with Crippen LogP contribution in [0.1, 0.15) is 22.7 Å². The minimum Gasteiger partial charge on any atom is -0.507 e. The second-order valence-corrected chi connectivity index (χ2v) is 8.95. The Bertz CT molecular complexity index is 1560. The molecule has 1 atom stereocenters. The Morgan fingerprint density at radius 2 is 1.50 bits per heavy atom. The fourth-order valence-corrected chi connectivity index (χ4v) is 4.84. The molecule has 1 aliphatic heterocycles. The van der Waals surface area contributed by atoms with Crippen molar-refractivity contribution in [1.82, 2.24) is 4.90 Å². The fraction of sp³-hybridized carbons (Fsp3) is 0.161. The molecule has 0 saturated carbocycles. The van der Waals surface area contributed by atoms with E-state index in [1.54, 1.807) is 56.7 Å². The van der Waals surface area contributed by atoms with Crippen LogP contribution in [0.4, 0.5) is 0 Å². The smallest absolute Gasteiger partial charge is 0.295 e. The minimum absolute atomic E-state index is 0.0379. The third-order valence-corrected chi connectivity index (χ3v) is 6.80. The third-order valence-electron chi connectivity index (χ3n) is 6.80. The number of nitrogens with zero attached hydrogens (tertiary/aromatic N) is 1. The molecule has 4 aromatic rings. The van der Waals surface area contributed by atoms with Gasteiger partial charge in [0.2, 0.25) is 0 Å². The molecule has 1 heterocycles. The number of hydrogen-bond donors (Lipinski definition) is 1. The zero-order valence-electron chi connectivity index (χ0n) is 21.3. The zero-order valence-corrected chi connectivity index (χ0v) is 21.3. The molecule has 7 heteroatoms. The van der Waals surface area contributed by atoms with E-state index in [1.165, 1.54) is 12.0 Å². The van der Waals surface area contributed by atoms with Crippen LogP contribution in [-0.4, -0.2) is 43.0 Å². The molecule has 1 amide bonds. The summed E-state index contributed by atoms with van der Waals surface area (Å²) in [6.07, 6.45) is 0. The second kappa shape index (κ2) is 10.3. The van der Waals surface area contributed by atoms with E-state index < -0.39 is 17.7 Å². The Labute approximate surface area is 220 Å². The maximum Gasteiger partial charge on any atom is 0.295 e. The molecule has 1 saturated heterocycles. The Morgan fingerprint density at radius 1 is 0.789 bits per heavy atom. The molecular weight excluding hydrogens is 482 g/mol. The molecule has 1 fully saturated rings. The Kier molecular flexibility index (Phi) is 6.75. The second-order valence-electron chi connectivity index (χ2n) is 8.95. The number of benzene rings is 4. The number of ether oxygens (including phenoxy) is 3. The topological polar surface area (TPSA) is 85.3 Å². The minimum atomic E-state index is -0.805.